The van der Waals surface area contributed by atoms with Crippen molar-refractivity contribution in [3.63, 3.8) is 0 Å². The predicted molar refractivity (Wildman–Crippen MR) is 94.1 cm³/mol. The molecule has 1 N–H and O–H groups in total. The highest BCUT2D eigenvalue weighted by atomic mass is 35.5. The Morgan fingerprint density at radius 3 is 2.42 bits per heavy atom. The lowest BCUT2D eigenvalue weighted by atomic mass is 10.0. The van der Waals surface area contributed by atoms with Crippen LogP contribution in [0.2, 0.25) is 5.02 Å². The van der Waals surface area contributed by atoms with Crippen LogP contribution in [-0.4, -0.2) is 18.5 Å². The Kier molecular flexibility index (Phi) is 6.38. The first-order chi connectivity index (χ1) is 11.5. The van der Waals surface area contributed by atoms with Crippen LogP contribution in [0.3, 0.4) is 0 Å². The smallest absolute Gasteiger partial charge is 0.340 e. The minimum absolute atomic E-state index is 0.114. The molecule has 0 radical (unpaired) electrons. The molecular weight excluding hydrogens is 326 g/mol. The summed E-state index contributed by atoms with van der Waals surface area (Å²) >= 11 is 5.93. The zero-order valence-electron chi connectivity index (χ0n) is 13.7. The Bertz CT molecular complexity index is 713. The highest BCUT2D eigenvalue weighted by Crippen LogP contribution is 2.18. The maximum absolute atomic E-state index is 12.1. The van der Waals surface area contributed by atoms with E-state index in [0.29, 0.717) is 5.02 Å². The highest BCUT2D eigenvalue weighted by Gasteiger charge is 2.16. The molecule has 0 heterocycles. The van der Waals surface area contributed by atoms with E-state index in [1.165, 1.54) is 0 Å². The van der Waals surface area contributed by atoms with Gasteiger partial charge in [-0.25, -0.2) is 4.79 Å². The van der Waals surface area contributed by atoms with Crippen LogP contribution in [0.1, 0.15) is 40.9 Å². The second-order valence-electron chi connectivity index (χ2n) is 5.50. The van der Waals surface area contributed by atoms with Crippen LogP contribution in [0.15, 0.2) is 48.5 Å². The fourth-order valence-corrected chi connectivity index (χ4v) is 2.50. The van der Waals surface area contributed by atoms with Crippen molar-refractivity contribution in [1.29, 1.82) is 0 Å². The molecule has 4 nitrogen and oxygen atoms in total. The zero-order chi connectivity index (χ0) is 17.5. The first-order valence-corrected chi connectivity index (χ1v) is 8.16. The first kappa shape index (κ1) is 18.0. The Hall–Kier alpha value is -2.33. The van der Waals surface area contributed by atoms with Crippen molar-refractivity contribution in [1.82, 2.24) is 5.32 Å². The van der Waals surface area contributed by atoms with Gasteiger partial charge in [-0.1, -0.05) is 60.5 Å². The molecule has 0 aliphatic heterocycles. The largest absolute Gasteiger partial charge is 0.452 e. The van der Waals surface area contributed by atoms with Gasteiger partial charge in [0, 0.05) is 0 Å². The number of nitrogens with one attached hydrogen (secondary N) is 1. The van der Waals surface area contributed by atoms with Gasteiger partial charge in [-0.15, -0.1) is 0 Å². The molecule has 1 atom stereocenters. The van der Waals surface area contributed by atoms with E-state index >= 15 is 0 Å². The number of ether oxygens (including phenoxy) is 1. The number of aryl methyl sites for hydroxylation is 1. The van der Waals surface area contributed by atoms with Gasteiger partial charge >= 0.3 is 5.97 Å². The summed E-state index contributed by atoms with van der Waals surface area (Å²) in [4.78, 5) is 24.0. The van der Waals surface area contributed by atoms with Crippen molar-refractivity contribution in [3.05, 3.63) is 70.2 Å². The molecule has 2 rings (SSSR count). The molecule has 0 aliphatic carbocycles. The van der Waals surface area contributed by atoms with Crippen molar-refractivity contribution in [3.8, 4) is 0 Å². The van der Waals surface area contributed by atoms with Crippen LogP contribution in [-0.2, 0) is 9.53 Å². The molecular formula is C19H20ClNO3. The molecule has 2 aromatic carbocycles. The second kappa shape index (κ2) is 8.50. The van der Waals surface area contributed by atoms with E-state index in [0.717, 1.165) is 17.5 Å². The highest BCUT2D eigenvalue weighted by molar-refractivity contribution is 6.33. The quantitative estimate of drug-likeness (QED) is 0.803. The van der Waals surface area contributed by atoms with E-state index in [4.69, 9.17) is 16.3 Å². The van der Waals surface area contributed by atoms with E-state index in [-0.39, 0.29) is 24.1 Å². The van der Waals surface area contributed by atoms with Gasteiger partial charge in [0.2, 0.25) is 0 Å². The number of hydrogen-bond acceptors (Lipinski definition) is 3. The number of esters is 1. The van der Waals surface area contributed by atoms with Gasteiger partial charge < -0.3 is 10.1 Å². The van der Waals surface area contributed by atoms with Crippen LogP contribution in [0, 0.1) is 6.92 Å². The monoisotopic (exact) mass is 345 g/mol. The minimum Gasteiger partial charge on any atom is -0.452 e. The maximum Gasteiger partial charge on any atom is 0.340 e. The topological polar surface area (TPSA) is 55.4 Å². The molecule has 2 aromatic rings. The summed E-state index contributed by atoms with van der Waals surface area (Å²) in [5.41, 5.74) is 2.43. The summed E-state index contributed by atoms with van der Waals surface area (Å²) in [7, 11) is 0. The van der Waals surface area contributed by atoms with Crippen molar-refractivity contribution < 1.29 is 14.3 Å². The molecule has 5 heteroatoms. The summed E-state index contributed by atoms with van der Waals surface area (Å²) in [5.74, 6) is -0.957. The molecule has 0 aromatic heterocycles. The molecule has 0 saturated heterocycles. The first-order valence-electron chi connectivity index (χ1n) is 7.79. The number of hydrogen-bond donors (Lipinski definition) is 1. The number of amides is 1. The van der Waals surface area contributed by atoms with Gasteiger partial charge in [-0.2, -0.15) is 0 Å². The average molecular weight is 346 g/mol. The van der Waals surface area contributed by atoms with Gasteiger partial charge in [-0.3, -0.25) is 4.79 Å². The van der Waals surface area contributed by atoms with Crippen molar-refractivity contribution >= 4 is 23.5 Å². The van der Waals surface area contributed by atoms with Crippen LogP contribution in [0.25, 0.3) is 0 Å². The fraction of sp³-hybridized carbons (Fsp3) is 0.263. The van der Waals surface area contributed by atoms with Crippen molar-refractivity contribution in [2.45, 2.75) is 26.3 Å². The number of benzene rings is 2. The average Bonchev–Trinajstić information content (AvgIpc) is 2.59. The standard InChI is InChI=1S/C19H20ClNO3/c1-3-17(14-10-8-13(2)9-11-14)21-18(22)12-24-19(23)15-6-4-5-7-16(15)20/h4-11,17H,3,12H2,1-2H3,(H,21,22)/t17-/m1/s1. The number of rotatable bonds is 6. The van der Waals surface area contributed by atoms with Crippen molar-refractivity contribution in [2.75, 3.05) is 6.61 Å². The number of carbonyl (C=O) groups excluding carboxylic acids is 2. The lowest BCUT2D eigenvalue weighted by molar-refractivity contribution is -0.125. The van der Waals surface area contributed by atoms with Gasteiger partial charge in [-0.05, 0) is 31.0 Å². The van der Waals surface area contributed by atoms with E-state index in [1.54, 1.807) is 24.3 Å². The van der Waals surface area contributed by atoms with Gasteiger partial charge in [0.1, 0.15) is 0 Å². The van der Waals surface area contributed by atoms with E-state index in [9.17, 15) is 9.59 Å². The summed E-state index contributed by atoms with van der Waals surface area (Å²) < 4.78 is 5.04. The van der Waals surface area contributed by atoms with Gasteiger partial charge in [0.05, 0.1) is 16.6 Å². The maximum atomic E-state index is 12.1. The van der Waals surface area contributed by atoms with Gasteiger partial charge in [0.15, 0.2) is 6.61 Å². The zero-order valence-corrected chi connectivity index (χ0v) is 14.5. The lowest BCUT2D eigenvalue weighted by Crippen LogP contribution is -2.32. The number of carbonyl (C=O) groups is 2. The third kappa shape index (κ3) is 4.83. The Labute approximate surface area is 146 Å². The lowest BCUT2D eigenvalue weighted by Gasteiger charge is -2.17. The van der Waals surface area contributed by atoms with E-state index < -0.39 is 5.97 Å². The Morgan fingerprint density at radius 1 is 1.12 bits per heavy atom. The Balaban J connectivity index is 1.91. The van der Waals surface area contributed by atoms with Crippen LogP contribution < -0.4 is 5.32 Å². The van der Waals surface area contributed by atoms with Gasteiger partial charge in [0.25, 0.3) is 5.91 Å². The fourth-order valence-electron chi connectivity index (χ4n) is 2.29. The SMILES string of the molecule is CC[C@@H](NC(=O)COC(=O)c1ccccc1Cl)c1ccc(C)cc1. The molecule has 126 valence electrons. The third-order valence-electron chi connectivity index (χ3n) is 3.65. The molecule has 0 unspecified atom stereocenters. The molecule has 1 amide bonds. The molecule has 0 fully saturated rings. The van der Waals surface area contributed by atoms with Crippen LogP contribution in [0.4, 0.5) is 0 Å². The summed E-state index contributed by atoms with van der Waals surface area (Å²) in [6.07, 6.45) is 0.743. The molecule has 0 saturated carbocycles. The summed E-state index contributed by atoms with van der Waals surface area (Å²) in [5, 5.41) is 3.17. The third-order valence-corrected chi connectivity index (χ3v) is 3.98. The molecule has 24 heavy (non-hydrogen) atoms. The Morgan fingerprint density at radius 2 is 1.79 bits per heavy atom. The van der Waals surface area contributed by atoms with Crippen molar-refractivity contribution in [2.24, 2.45) is 0 Å². The second-order valence-corrected chi connectivity index (χ2v) is 5.90. The van der Waals surface area contributed by atoms with E-state index in [1.807, 2.05) is 38.1 Å². The molecule has 0 spiro atoms. The minimum atomic E-state index is -0.612. The summed E-state index contributed by atoms with van der Waals surface area (Å²) in [6, 6.07) is 14.4. The van der Waals surface area contributed by atoms with E-state index in [2.05, 4.69) is 5.32 Å². The predicted octanol–water partition coefficient (Wildman–Crippen LogP) is 4.07. The molecule has 0 bridgehead atoms. The molecule has 0 aliphatic rings. The summed E-state index contributed by atoms with van der Waals surface area (Å²) in [6.45, 7) is 3.66. The van der Waals surface area contributed by atoms with Crippen LogP contribution >= 0.6 is 11.6 Å². The van der Waals surface area contributed by atoms with Crippen LogP contribution in [0.5, 0.6) is 0 Å². The number of halogens is 1. The normalized spacial score (nSPS) is 11.6.